The van der Waals surface area contributed by atoms with Gasteiger partial charge in [0.25, 0.3) is 0 Å². The molecule has 2 unspecified atom stereocenters. The van der Waals surface area contributed by atoms with Crippen molar-refractivity contribution >= 4 is 11.8 Å². The molecule has 0 spiro atoms. The van der Waals surface area contributed by atoms with Crippen molar-refractivity contribution in [3.8, 4) is 0 Å². The number of esters is 1. The largest absolute Gasteiger partial charge is 0.466 e. The van der Waals surface area contributed by atoms with Crippen molar-refractivity contribution in [3.05, 3.63) is 0 Å². The van der Waals surface area contributed by atoms with Gasteiger partial charge in [0.15, 0.2) is 6.29 Å². The summed E-state index contributed by atoms with van der Waals surface area (Å²) < 4.78 is 16.0. The fraction of sp³-hybridized carbons (Fsp3) is 0.857. The average Bonchev–Trinajstić information content (AvgIpc) is 2.39. The Hall–Kier alpha value is -0.940. The highest BCUT2D eigenvalue weighted by Gasteiger charge is 2.38. The molecule has 1 aliphatic carbocycles. The van der Waals surface area contributed by atoms with Crippen LogP contribution in [-0.2, 0) is 23.8 Å². The normalized spacial score (nSPS) is 23.7. The summed E-state index contributed by atoms with van der Waals surface area (Å²) in [6.07, 6.45) is 0.881. The molecule has 0 amide bonds. The van der Waals surface area contributed by atoms with Crippen LogP contribution in [0, 0.1) is 11.8 Å². The second-order valence-corrected chi connectivity index (χ2v) is 4.58. The number of ketones is 1. The Kier molecular flexibility index (Phi) is 7.02. The van der Waals surface area contributed by atoms with Gasteiger partial charge in [-0.3, -0.25) is 9.59 Å². The third kappa shape index (κ3) is 4.58. The molecular formula is C14H24O5. The van der Waals surface area contributed by atoms with Crippen molar-refractivity contribution in [2.24, 2.45) is 11.8 Å². The Balaban J connectivity index is 2.67. The zero-order valence-electron chi connectivity index (χ0n) is 12.0. The summed E-state index contributed by atoms with van der Waals surface area (Å²) in [4.78, 5) is 23.8. The van der Waals surface area contributed by atoms with Crippen molar-refractivity contribution in [1.29, 1.82) is 0 Å². The summed E-state index contributed by atoms with van der Waals surface area (Å²) in [5, 5.41) is 0. The minimum atomic E-state index is -0.542. The summed E-state index contributed by atoms with van der Waals surface area (Å²) in [6.45, 7) is 6.85. The highest BCUT2D eigenvalue weighted by atomic mass is 16.7. The zero-order chi connectivity index (χ0) is 14.3. The number of hydrogen-bond acceptors (Lipinski definition) is 5. The van der Waals surface area contributed by atoms with Crippen molar-refractivity contribution in [2.45, 2.75) is 46.3 Å². The third-order valence-electron chi connectivity index (χ3n) is 3.30. The smallest absolute Gasteiger partial charge is 0.308 e. The van der Waals surface area contributed by atoms with E-state index in [-0.39, 0.29) is 23.6 Å². The van der Waals surface area contributed by atoms with E-state index in [0.29, 0.717) is 39.1 Å². The van der Waals surface area contributed by atoms with E-state index in [2.05, 4.69) is 0 Å². The lowest BCUT2D eigenvalue weighted by Crippen LogP contribution is -2.39. The van der Waals surface area contributed by atoms with Gasteiger partial charge in [0.05, 0.1) is 18.4 Å². The first kappa shape index (κ1) is 16.1. The van der Waals surface area contributed by atoms with E-state index in [9.17, 15) is 9.59 Å². The molecule has 5 nitrogen and oxygen atoms in total. The van der Waals surface area contributed by atoms with Gasteiger partial charge in [-0.2, -0.15) is 0 Å². The molecule has 0 aromatic rings. The van der Waals surface area contributed by atoms with Gasteiger partial charge in [0.1, 0.15) is 5.78 Å². The molecular weight excluding hydrogens is 248 g/mol. The van der Waals surface area contributed by atoms with Gasteiger partial charge >= 0.3 is 5.97 Å². The number of rotatable bonds is 7. The zero-order valence-corrected chi connectivity index (χ0v) is 12.0. The number of carbonyl (C=O) groups excluding carboxylic acids is 2. The Bertz CT molecular complexity index is 296. The Labute approximate surface area is 114 Å². The molecule has 19 heavy (non-hydrogen) atoms. The monoisotopic (exact) mass is 272 g/mol. The molecule has 110 valence electrons. The molecule has 0 N–H and O–H groups in total. The molecule has 0 bridgehead atoms. The number of Topliss-reactive ketones (excluding diaryl/α,β-unsaturated/α-hetero) is 1. The van der Waals surface area contributed by atoms with E-state index in [0.717, 1.165) is 0 Å². The predicted octanol–water partition coefficient (Wildman–Crippen LogP) is 1.93. The topological polar surface area (TPSA) is 61.8 Å². The number of carbonyl (C=O) groups is 2. The van der Waals surface area contributed by atoms with Gasteiger partial charge in [-0.05, 0) is 33.6 Å². The molecule has 1 saturated carbocycles. The van der Waals surface area contributed by atoms with E-state index in [1.807, 2.05) is 13.8 Å². The van der Waals surface area contributed by atoms with Gasteiger partial charge in [-0.25, -0.2) is 0 Å². The van der Waals surface area contributed by atoms with E-state index in [1.165, 1.54) is 0 Å². The average molecular weight is 272 g/mol. The maximum absolute atomic E-state index is 12.0. The van der Waals surface area contributed by atoms with Crippen molar-refractivity contribution in [1.82, 2.24) is 0 Å². The van der Waals surface area contributed by atoms with Gasteiger partial charge < -0.3 is 14.2 Å². The lowest BCUT2D eigenvalue weighted by atomic mass is 9.80. The van der Waals surface area contributed by atoms with Crippen molar-refractivity contribution in [3.63, 3.8) is 0 Å². The molecule has 0 aliphatic heterocycles. The molecule has 0 aromatic carbocycles. The summed E-state index contributed by atoms with van der Waals surface area (Å²) in [6, 6.07) is 0. The van der Waals surface area contributed by atoms with Gasteiger partial charge in [-0.15, -0.1) is 0 Å². The van der Waals surface area contributed by atoms with Gasteiger partial charge in [0, 0.05) is 19.6 Å². The van der Waals surface area contributed by atoms with Crippen LogP contribution in [0.15, 0.2) is 0 Å². The molecule has 0 heterocycles. The minimum absolute atomic E-state index is 0.118. The van der Waals surface area contributed by atoms with E-state index in [4.69, 9.17) is 14.2 Å². The molecule has 2 atom stereocenters. The van der Waals surface area contributed by atoms with Crippen molar-refractivity contribution in [2.75, 3.05) is 19.8 Å². The summed E-state index contributed by atoms with van der Waals surface area (Å²) >= 11 is 0. The second-order valence-electron chi connectivity index (χ2n) is 4.58. The molecule has 1 fully saturated rings. The maximum Gasteiger partial charge on any atom is 0.308 e. The van der Waals surface area contributed by atoms with E-state index in [1.54, 1.807) is 6.92 Å². The molecule has 0 aromatic heterocycles. The van der Waals surface area contributed by atoms with Crippen LogP contribution in [0.2, 0.25) is 0 Å². The van der Waals surface area contributed by atoms with Gasteiger partial charge in [0.2, 0.25) is 0 Å². The molecule has 1 aliphatic rings. The fourth-order valence-electron chi connectivity index (χ4n) is 2.40. The van der Waals surface area contributed by atoms with Crippen LogP contribution in [0.3, 0.4) is 0 Å². The van der Waals surface area contributed by atoms with Crippen LogP contribution >= 0.6 is 0 Å². The minimum Gasteiger partial charge on any atom is -0.466 e. The first-order valence-electron chi connectivity index (χ1n) is 7.06. The highest BCUT2D eigenvalue weighted by Crippen LogP contribution is 2.31. The lowest BCUT2D eigenvalue weighted by molar-refractivity contribution is -0.182. The maximum atomic E-state index is 12.0. The fourth-order valence-corrected chi connectivity index (χ4v) is 2.40. The van der Waals surface area contributed by atoms with Crippen LogP contribution in [-0.4, -0.2) is 37.9 Å². The van der Waals surface area contributed by atoms with Crippen LogP contribution in [0.4, 0.5) is 0 Å². The number of hydrogen-bond donors (Lipinski definition) is 0. The van der Waals surface area contributed by atoms with E-state index >= 15 is 0 Å². The summed E-state index contributed by atoms with van der Waals surface area (Å²) in [7, 11) is 0. The lowest BCUT2D eigenvalue weighted by Gasteiger charge is -2.31. The number of ether oxygens (including phenoxy) is 3. The summed E-state index contributed by atoms with van der Waals surface area (Å²) in [5.74, 6) is -0.673. The summed E-state index contributed by atoms with van der Waals surface area (Å²) in [5.41, 5.74) is 0. The predicted molar refractivity (Wildman–Crippen MR) is 69.5 cm³/mol. The van der Waals surface area contributed by atoms with Crippen molar-refractivity contribution < 1.29 is 23.8 Å². The Morgan fingerprint density at radius 2 is 1.84 bits per heavy atom. The standard InChI is InChI=1S/C14H24O5/c1-4-17-13(16)10-7-8-12(15)11(9-10)14(18-5-2)19-6-3/h10-11,14H,4-9H2,1-3H3. The molecule has 5 heteroatoms. The molecule has 1 rings (SSSR count). The molecule has 0 radical (unpaired) electrons. The SMILES string of the molecule is CCOC(=O)C1CCC(=O)C(C(OCC)OCC)C1. The van der Waals surface area contributed by atoms with E-state index < -0.39 is 6.29 Å². The first-order chi connectivity index (χ1) is 9.13. The Morgan fingerprint density at radius 3 is 2.37 bits per heavy atom. The van der Waals surface area contributed by atoms with Gasteiger partial charge in [-0.1, -0.05) is 0 Å². The Morgan fingerprint density at radius 1 is 1.21 bits per heavy atom. The van der Waals surface area contributed by atoms with Crippen LogP contribution < -0.4 is 0 Å². The van der Waals surface area contributed by atoms with Crippen LogP contribution in [0.1, 0.15) is 40.0 Å². The molecule has 0 saturated heterocycles. The third-order valence-corrected chi connectivity index (χ3v) is 3.30. The van der Waals surface area contributed by atoms with Crippen LogP contribution in [0.5, 0.6) is 0 Å². The highest BCUT2D eigenvalue weighted by molar-refractivity contribution is 5.84. The van der Waals surface area contributed by atoms with Crippen LogP contribution in [0.25, 0.3) is 0 Å². The quantitative estimate of drug-likeness (QED) is 0.523. The second kappa shape index (κ2) is 8.27. The first-order valence-corrected chi connectivity index (χ1v) is 7.06.